The van der Waals surface area contributed by atoms with Gasteiger partial charge in [0, 0.05) is 21.9 Å². The summed E-state index contributed by atoms with van der Waals surface area (Å²) in [7, 11) is 0. The number of benzene rings is 2. The molecule has 2 aromatic carbocycles. The average Bonchev–Trinajstić information content (AvgIpc) is 3.03. The maximum Gasteiger partial charge on any atom is 0.256 e. The van der Waals surface area contributed by atoms with Crippen LogP contribution < -0.4 is 10.1 Å². The smallest absolute Gasteiger partial charge is 0.256 e. The second-order valence-electron chi connectivity index (χ2n) is 7.39. The van der Waals surface area contributed by atoms with E-state index in [-0.39, 0.29) is 5.91 Å². The molecule has 0 aliphatic heterocycles. The van der Waals surface area contributed by atoms with E-state index in [2.05, 4.69) is 24.3 Å². The van der Waals surface area contributed by atoms with Crippen molar-refractivity contribution in [1.29, 1.82) is 0 Å². The first kappa shape index (κ1) is 22.2. The van der Waals surface area contributed by atoms with Gasteiger partial charge in [-0.2, -0.15) is 0 Å². The SMILES string of the molecule is Cc1noc(C)c1CSc1ccccc1C(=O)Nc1ccc(OCC(C)C)c(Cl)c1. The molecule has 158 valence electrons. The first-order chi connectivity index (χ1) is 14.3. The number of nitrogens with zero attached hydrogens (tertiary/aromatic N) is 1. The highest BCUT2D eigenvalue weighted by molar-refractivity contribution is 7.98. The molecule has 0 fully saturated rings. The van der Waals surface area contributed by atoms with Gasteiger partial charge in [-0.25, -0.2) is 0 Å². The molecule has 0 bridgehead atoms. The van der Waals surface area contributed by atoms with Crippen molar-refractivity contribution in [2.75, 3.05) is 11.9 Å². The van der Waals surface area contributed by atoms with E-state index < -0.39 is 0 Å². The molecule has 0 unspecified atom stereocenters. The Morgan fingerprint density at radius 2 is 2.00 bits per heavy atom. The highest BCUT2D eigenvalue weighted by Gasteiger charge is 2.15. The molecule has 1 aromatic heterocycles. The number of carbonyl (C=O) groups excluding carboxylic acids is 1. The molecule has 1 amide bonds. The van der Waals surface area contributed by atoms with Gasteiger partial charge in [0.2, 0.25) is 0 Å². The van der Waals surface area contributed by atoms with Crippen molar-refractivity contribution >= 4 is 35.0 Å². The lowest BCUT2D eigenvalue weighted by Gasteiger charge is -2.13. The van der Waals surface area contributed by atoms with Crippen molar-refractivity contribution < 1.29 is 14.1 Å². The normalized spacial score (nSPS) is 11.0. The molecule has 3 rings (SSSR count). The van der Waals surface area contributed by atoms with E-state index in [1.807, 2.05) is 38.1 Å². The van der Waals surface area contributed by atoms with Crippen LogP contribution in [-0.4, -0.2) is 17.7 Å². The van der Waals surface area contributed by atoms with Crippen molar-refractivity contribution in [3.05, 3.63) is 70.1 Å². The molecule has 5 nitrogen and oxygen atoms in total. The van der Waals surface area contributed by atoms with Crippen LogP contribution in [0.5, 0.6) is 5.75 Å². The number of nitrogens with one attached hydrogen (secondary N) is 1. The minimum Gasteiger partial charge on any atom is -0.492 e. The average molecular weight is 445 g/mol. The topological polar surface area (TPSA) is 64.4 Å². The van der Waals surface area contributed by atoms with Gasteiger partial charge in [0.15, 0.2) is 0 Å². The van der Waals surface area contributed by atoms with Gasteiger partial charge in [-0.15, -0.1) is 11.8 Å². The molecule has 7 heteroatoms. The van der Waals surface area contributed by atoms with Gasteiger partial charge in [-0.1, -0.05) is 42.7 Å². The number of aromatic nitrogens is 1. The van der Waals surface area contributed by atoms with Crippen LogP contribution in [-0.2, 0) is 5.75 Å². The number of carbonyl (C=O) groups is 1. The van der Waals surface area contributed by atoms with Gasteiger partial charge in [-0.05, 0) is 50.1 Å². The van der Waals surface area contributed by atoms with E-state index in [1.54, 1.807) is 30.0 Å². The predicted molar refractivity (Wildman–Crippen MR) is 122 cm³/mol. The molecule has 0 aliphatic carbocycles. The maximum atomic E-state index is 12.9. The zero-order valence-corrected chi connectivity index (χ0v) is 19.1. The molecule has 3 aromatic rings. The Balaban J connectivity index is 1.71. The summed E-state index contributed by atoms with van der Waals surface area (Å²) in [6, 6.07) is 12.8. The van der Waals surface area contributed by atoms with E-state index in [0.29, 0.717) is 40.3 Å². The zero-order valence-electron chi connectivity index (χ0n) is 17.5. The number of thioether (sulfide) groups is 1. The highest BCUT2D eigenvalue weighted by Crippen LogP contribution is 2.31. The highest BCUT2D eigenvalue weighted by atomic mass is 35.5. The molecule has 0 atom stereocenters. The summed E-state index contributed by atoms with van der Waals surface area (Å²) in [4.78, 5) is 13.8. The van der Waals surface area contributed by atoms with Crippen molar-refractivity contribution in [2.24, 2.45) is 5.92 Å². The van der Waals surface area contributed by atoms with Gasteiger partial charge in [0.1, 0.15) is 11.5 Å². The molecule has 30 heavy (non-hydrogen) atoms. The van der Waals surface area contributed by atoms with E-state index in [9.17, 15) is 4.79 Å². The Morgan fingerprint density at radius 1 is 1.23 bits per heavy atom. The van der Waals surface area contributed by atoms with E-state index in [4.69, 9.17) is 20.9 Å². The molecule has 0 radical (unpaired) electrons. The Morgan fingerprint density at radius 3 is 2.67 bits per heavy atom. The molecule has 0 aliphatic rings. The number of anilines is 1. The molecule has 0 saturated carbocycles. The molecular formula is C23H25ClN2O3S. The van der Waals surface area contributed by atoms with Gasteiger partial charge >= 0.3 is 0 Å². The van der Waals surface area contributed by atoms with E-state index in [1.165, 1.54) is 0 Å². The predicted octanol–water partition coefficient (Wildman–Crippen LogP) is 6.52. The van der Waals surface area contributed by atoms with E-state index in [0.717, 1.165) is 21.9 Å². The summed E-state index contributed by atoms with van der Waals surface area (Å²) in [5, 5.41) is 7.38. The fraction of sp³-hybridized carbons (Fsp3) is 0.304. The second-order valence-corrected chi connectivity index (χ2v) is 8.82. The van der Waals surface area contributed by atoms with Crippen LogP contribution in [0.15, 0.2) is 51.9 Å². The summed E-state index contributed by atoms with van der Waals surface area (Å²) in [6.07, 6.45) is 0. The van der Waals surface area contributed by atoms with Gasteiger partial charge in [-0.3, -0.25) is 4.79 Å². The van der Waals surface area contributed by atoms with Crippen LogP contribution in [0.2, 0.25) is 5.02 Å². The third-order valence-electron chi connectivity index (χ3n) is 4.45. The molecule has 0 saturated heterocycles. The van der Waals surface area contributed by atoms with Crippen molar-refractivity contribution in [3.8, 4) is 5.75 Å². The second kappa shape index (κ2) is 10.0. The van der Waals surface area contributed by atoms with Crippen LogP contribution in [0.1, 0.15) is 41.2 Å². The standard InChI is InChI=1S/C23H25ClN2O3S/c1-14(2)12-28-21-10-9-17(11-20(21)24)25-23(27)18-7-5-6-8-22(18)30-13-19-15(3)26-29-16(19)4/h5-11,14H,12-13H2,1-4H3,(H,25,27). The number of hydrogen-bond donors (Lipinski definition) is 1. The number of ether oxygens (including phenoxy) is 1. The van der Waals surface area contributed by atoms with Gasteiger partial charge < -0.3 is 14.6 Å². The monoisotopic (exact) mass is 444 g/mol. The van der Waals surface area contributed by atoms with Crippen LogP contribution in [0.4, 0.5) is 5.69 Å². The number of halogens is 1. The Bertz CT molecular complexity index is 1010. The van der Waals surface area contributed by atoms with Crippen molar-refractivity contribution in [3.63, 3.8) is 0 Å². The van der Waals surface area contributed by atoms with Crippen LogP contribution in [0, 0.1) is 19.8 Å². The molecule has 0 spiro atoms. The summed E-state index contributed by atoms with van der Waals surface area (Å²) < 4.78 is 10.9. The quantitative estimate of drug-likeness (QED) is 0.400. The molecular weight excluding hydrogens is 420 g/mol. The lowest BCUT2D eigenvalue weighted by molar-refractivity contribution is 0.102. The fourth-order valence-electron chi connectivity index (χ4n) is 2.79. The van der Waals surface area contributed by atoms with Gasteiger partial charge in [0.25, 0.3) is 5.91 Å². The summed E-state index contributed by atoms with van der Waals surface area (Å²) in [6.45, 7) is 8.55. The number of rotatable bonds is 8. The van der Waals surface area contributed by atoms with Gasteiger partial charge in [0.05, 0.1) is 22.9 Å². The Labute approximate surface area is 186 Å². The van der Waals surface area contributed by atoms with Crippen LogP contribution in [0.3, 0.4) is 0 Å². The maximum absolute atomic E-state index is 12.9. The van der Waals surface area contributed by atoms with Crippen LogP contribution in [0.25, 0.3) is 0 Å². The number of amides is 1. The Kier molecular flexibility index (Phi) is 7.45. The lowest BCUT2D eigenvalue weighted by Crippen LogP contribution is -2.13. The van der Waals surface area contributed by atoms with Crippen molar-refractivity contribution in [2.45, 2.75) is 38.3 Å². The largest absolute Gasteiger partial charge is 0.492 e. The number of aryl methyl sites for hydroxylation is 2. The third kappa shape index (κ3) is 5.58. The first-order valence-electron chi connectivity index (χ1n) is 9.72. The van der Waals surface area contributed by atoms with Crippen molar-refractivity contribution in [1.82, 2.24) is 5.16 Å². The van der Waals surface area contributed by atoms with Crippen LogP contribution >= 0.6 is 23.4 Å². The third-order valence-corrected chi connectivity index (χ3v) is 5.84. The summed E-state index contributed by atoms with van der Waals surface area (Å²) >= 11 is 7.89. The zero-order chi connectivity index (χ0) is 21.7. The number of hydrogen-bond acceptors (Lipinski definition) is 5. The Hall–Kier alpha value is -2.44. The first-order valence-corrected chi connectivity index (χ1v) is 11.1. The minimum atomic E-state index is -0.191. The molecule has 1 heterocycles. The lowest BCUT2D eigenvalue weighted by atomic mass is 10.2. The summed E-state index contributed by atoms with van der Waals surface area (Å²) in [5.41, 5.74) is 3.15. The van der Waals surface area contributed by atoms with E-state index >= 15 is 0 Å². The minimum absolute atomic E-state index is 0.191. The fourth-order valence-corrected chi connectivity index (χ4v) is 4.23. The molecule has 1 N–H and O–H groups in total. The summed E-state index contributed by atoms with van der Waals surface area (Å²) in [5.74, 6) is 2.30.